The Kier molecular flexibility index (Phi) is 11.2. The highest BCUT2D eigenvalue weighted by atomic mass is 16.6. The number of H-pyrrole nitrogens is 1. The Hall–Kier alpha value is -3.43. The van der Waals surface area contributed by atoms with Crippen molar-refractivity contribution in [3.63, 3.8) is 0 Å². The number of aliphatic hydroxyl groups is 5. The van der Waals surface area contributed by atoms with Crippen LogP contribution in [0.1, 0.15) is 58.4 Å². The van der Waals surface area contributed by atoms with E-state index in [4.69, 9.17) is 9.84 Å². The zero-order chi connectivity index (χ0) is 31.2. The predicted octanol–water partition coefficient (Wildman–Crippen LogP) is 0.0330. The van der Waals surface area contributed by atoms with E-state index in [9.17, 15) is 34.8 Å². The molecule has 14 heteroatoms. The number of fused-ring (bicyclic) bond motifs is 2. The van der Waals surface area contributed by atoms with Gasteiger partial charge in [-0.1, -0.05) is 12.8 Å². The quantitative estimate of drug-likeness (QED) is 0.0750. The minimum Gasteiger partial charge on any atom is -0.460 e. The number of aliphatic hydroxyl groups excluding tert-OH is 5. The molecule has 2 heterocycles. The fraction of sp³-hybridized carbons (Fsp3) is 0.607. The first-order valence-corrected chi connectivity index (χ1v) is 14.0. The lowest BCUT2D eigenvalue weighted by Crippen LogP contribution is -2.48. The Labute approximate surface area is 242 Å². The van der Waals surface area contributed by atoms with Gasteiger partial charge in [0.25, 0.3) is 5.56 Å². The molecule has 4 atom stereocenters. The number of aryl methyl sites for hydroxylation is 2. The summed E-state index contributed by atoms with van der Waals surface area (Å²) >= 11 is 0. The third kappa shape index (κ3) is 8.55. The number of ether oxygens (including phenoxy) is 1. The minimum absolute atomic E-state index is 0.0158. The molecule has 1 aromatic rings. The molecule has 0 aliphatic carbocycles. The molecule has 232 valence electrons. The van der Waals surface area contributed by atoms with Crippen molar-refractivity contribution < 1.29 is 35.1 Å². The largest absolute Gasteiger partial charge is 0.460 e. The van der Waals surface area contributed by atoms with E-state index in [-0.39, 0.29) is 24.0 Å². The van der Waals surface area contributed by atoms with Gasteiger partial charge in [0.1, 0.15) is 23.9 Å². The molecule has 0 radical (unpaired) electrons. The van der Waals surface area contributed by atoms with E-state index in [1.54, 1.807) is 23.6 Å². The average Bonchev–Trinajstić information content (AvgIpc) is 2.91. The van der Waals surface area contributed by atoms with Gasteiger partial charge in [0.05, 0.1) is 23.7 Å². The first-order chi connectivity index (χ1) is 19.7. The first kappa shape index (κ1) is 33.1. The van der Waals surface area contributed by atoms with Gasteiger partial charge in [-0.2, -0.15) is 4.98 Å². The second-order valence-electron chi connectivity index (χ2n) is 11.4. The van der Waals surface area contributed by atoms with Crippen molar-refractivity contribution in [2.75, 3.05) is 18.5 Å². The fourth-order valence-electron chi connectivity index (χ4n) is 4.55. The molecule has 2 aliphatic heterocycles. The van der Waals surface area contributed by atoms with Crippen LogP contribution in [0.3, 0.4) is 0 Å². The molecule has 3 rings (SSSR count). The number of benzene rings is 1. The van der Waals surface area contributed by atoms with Crippen molar-refractivity contribution >= 4 is 22.7 Å². The molecule has 0 unspecified atom stereocenters. The van der Waals surface area contributed by atoms with Gasteiger partial charge in [-0.15, -0.1) is 0 Å². The van der Waals surface area contributed by atoms with Crippen molar-refractivity contribution in [1.82, 2.24) is 19.5 Å². The summed E-state index contributed by atoms with van der Waals surface area (Å²) in [5, 5.41) is 51.9. The minimum atomic E-state index is -1.75. The summed E-state index contributed by atoms with van der Waals surface area (Å²) in [4.78, 5) is 47.2. The number of aromatic nitrogens is 4. The van der Waals surface area contributed by atoms with Crippen LogP contribution in [-0.4, -0.2) is 94.2 Å². The van der Waals surface area contributed by atoms with Gasteiger partial charge >= 0.3 is 11.7 Å². The molecular formula is C28H41N5O9. The zero-order valence-electron chi connectivity index (χ0n) is 24.3. The lowest BCUT2D eigenvalue weighted by atomic mass is 10.0. The Bertz CT molecular complexity index is 1450. The molecule has 0 amide bonds. The Morgan fingerprint density at radius 3 is 2.36 bits per heavy atom. The molecule has 0 saturated carbocycles. The van der Waals surface area contributed by atoms with Crippen molar-refractivity contribution in [2.45, 2.75) is 96.4 Å². The van der Waals surface area contributed by atoms with E-state index >= 15 is 0 Å². The van der Waals surface area contributed by atoms with Crippen molar-refractivity contribution in [2.24, 2.45) is 0 Å². The molecule has 1 aromatic carbocycles. The zero-order valence-corrected chi connectivity index (χ0v) is 24.3. The van der Waals surface area contributed by atoms with Gasteiger partial charge < -0.3 is 40.2 Å². The Morgan fingerprint density at radius 1 is 1.02 bits per heavy atom. The molecule has 0 aromatic heterocycles. The van der Waals surface area contributed by atoms with Gasteiger partial charge in [0, 0.05) is 25.2 Å². The van der Waals surface area contributed by atoms with Gasteiger partial charge in [0.2, 0.25) is 0 Å². The summed E-state index contributed by atoms with van der Waals surface area (Å²) in [5.74, 6) is -0.127. The van der Waals surface area contributed by atoms with Crippen LogP contribution in [0.15, 0.2) is 21.7 Å². The first-order valence-electron chi connectivity index (χ1n) is 14.0. The standard InChI is InChI=1S/C28H41N5O9/c1-15-11-17-18(12-16(15)29-13-19(35)23(38)24(39)20(36)14-34)33(25-22(30-17)26(40)32-27(41)31-25)10-8-6-5-7-9-21(37)42-28(2,3)4/h11-12,19-20,23-24,29,34-36,38-39H,5-10,13-14H2,1-4H3,(H,32,40,41)/t19-,20+,23+,24+/m0/s1. The number of aromatic amines is 1. The summed E-state index contributed by atoms with van der Waals surface area (Å²) in [6.45, 7) is 6.65. The third-order valence-corrected chi connectivity index (χ3v) is 6.71. The molecule has 7 N–H and O–H groups in total. The van der Waals surface area contributed by atoms with Crippen molar-refractivity contribution in [3.8, 4) is 11.5 Å². The van der Waals surface area contributed by atoms with E-state index in [2.05, 4.69) is 20.3 Å². The number of carbonyl (C=O) groups is 1. The maximum atomic E-state index is 12.6. The number of esters is 1. The smallest absolute Gasteiger partial charge is 0.349 e. The number of nitrogens with one attached hydrogen (secondary N) is 2. The van der Waals surface area contributed by atoms with Crippen molar-refractivity contribution in [3.05, 3.63) is 38.5 Å². The topological polar surface area (TPSA) is 220 Å². The molecule has 0 spiro atoms. The summed E-state index contributed by atoms with van der Waals surface area (Å²) in [5.41, 5.74) is 0.314. The van der Waals surface area contributed by atoms with Crippen LogP contribution in [0, 0.1) is 6.92 Å². The lowest BCUT2D eigenvalue weighted by molar-refractivity contribution is -0.154. The van der Waals surface area contributed by atoms with E-state index in [0.717, 1.165) is 12.8 Å². The molecule has 0 bridgehead atoms. The number of hydrogen-bond donors (Lipinski definition) is 7. The Morgan fingerprint density at radius 2 is 1.69 bits per heavy atom. The van der Waals surface area contributed by atoms with Gasteiger partial charge in [0.15, 0.2) is 11.5 Å². The van der Waals surface area contributed by atoms with Gasteiger partial charge in [-0.05, 0) is 58.2 Å². The molecule has 42 heavy (non-hydrogen) atoms. The van der Waals surface area contributed by atoms with Crippen LogP contribution in [0.4, 0.5) is 5.69 Å². The van der Waals surface area contributed by atoms with Gasteiger partial charge in [-0.25, -0.2) is 9.78 Å². The normalized spacial score (nSPS) is 15.0. The van der Waals surface area contributed by atoms with E-state index in [0.29, 0.717) is 48.1 Å². The number of unbranched alkanes of at least 4 members (excludes halogenated alkanes) is 3. The average molecular weight is 592 g/mol. The van der Waals surface area contributed by atoms with Crippen molar-refractivity contribution in [1.29, 1.82) is 0 Å². The van der Waals surface area contributed by atoms with Crippen LogP contribution in [-0.2, 0) is 16.1 Å². The molecule has 0 fully saturated rings. The monoisotopic (exact) mass is 591 g/mol. The van der Waals surface area contributed by atoms with Crippen LogP contribution in [0.2, 0.25) is 0 Å². The van der Waals surface area contributed by atoms with E-state index in [1.165, 1.54) is 0 Å². The highest BCUT2D eigenvalue weighted by Gasteiger charge is 2.30. The predicted molar refractivity (Wildman–Crippen MR) is 154 cm³/mol. The number of carbonyl (C=O) groups excluding carboxylic acids is 1. The van der Waals surface area contributed by atoms with E-state index < -0.39 is 47.9 Å². The lowest BCUT2D eigenvalue weighted by Gasteiger charge is -2.26. The van der Waals surface area contributed by atoms with Crippen LogP contribution in [0.25, 0.3) is 22.6 Å². The summed E-state index contributed by atoms with van der Waals surface area (Å²) in [7, 11) is 0. The highest BCUT2D eigenvalue weighted by molar-refractivity contribution is 5.84. The number of anilines is 1. The Balaban J connectivity index is 1.82. The molecular weight excluding hydrogens is 550 g/mol. The molecule has 2 aliphatic rings. The maximum absolute atomic E-state index is 12.6. The molecule has 14 nitrogen and oxygen atoms in total. The number of nitrogens with zero attached hydrogens (tertiary/aromatic N) is 3. The van der Waals surface area contributed by atoms with Crippen LogP contribution in [0.5, 0.6) is 0 Å². The van der Waals surface area contributed by atoms with E-state index in [1.807, 2.05) is 20.8 Å². The maximum Gasteiger partial charge on any atom is 0.349 e. The summed E-state index contributed by atoms with van der Waals surface area (Å²) in [6.07, 6.45) is -3.42. The SMILES string of the molecule is Cc1cc2nc3c(=O)[nH]c(=O)nc-3n(CCCCCCC(=O)OC(C)(C)C)c2cc1NC[C@H](O)[C@@H](O)[C@H](O)[C@H](O)CO. The second-order valence-corrected chi connectivity index (χ2v) is 11.4. The van der Waals surface area contributed by atoms with Gasteiger partial charge in [-0.3, -0.25) is 14.6 Å². The molecule has 0 saturated heterocycles. The number of rotatable bonds is 14. The van der Waals surface area contributed by atoms with Crippen LogP contribution < -0.4 is 16.6 Å². The summed E-state index contributed by atoms with van der Waals surface area (Å²) in [6, 6.07) is 3.46. The highest BCUT2D eigenvalue weighted by Crippen LogP contribution is 2.27. The summed E-state index contributed by atoms with van der Waals surface area (Å²) < 4.78 is 7.07. The second kappa shape index (κ2) is 14.2. The third-order valence-electron chi connectivity index (χ3n) is 6.71. The fourth-order valence-corrected chi connectivity index (χ4v) is 4.55. The number of hydrogen-bond acceptors (Lipinski definition) is 12. The van der Waals surface area contributed by atoms with Crippen LogP contribution >= 0.6 is 0 Å².